The van der Waals surface area contributed by atoms with Gasteiger partial charge in [0.15, 0.2) is 23.1 Å². The Balaban J connectivity index is 1.63. The largest absolute Gasteiger partial charge is 0.486 e. The first-order valence-electron chi connectivity index (χ1n) is 7.35. The van der Waals surface area contributed by atoms with E-state index in [1.807, 2.05) is 0 Å². The van der Waals surface area contributed by atoms with Crippen LogP contribution in [-0.2, 0) is 0 Å². The van der Waals surface area contributed by atoms with Gasteiger partial charge in [-0.3, -0.25) is 9.59 Å². The molecular weight excluding hydrogens is 299 g/mol. The lowest BCUT2D eigenvalue weighted by atomic mass is 10.0. The zero-order chi connectivity index (χ0) is 16.2. The van der Waals surface area contributed by atoms with Crippen molar-refractivity contribution in [2.75, 3.05) is 13.2 Å². The molecule has 0 spiro atoms. The summed E-state index contributed by atoms with van der Waals surface area (Å²) in [6, 6.07) is 10.3. The van der Waals surface area contributed by atoms with E-state index in [-0.39, 0.29) is 24.4 Å². The Morgan fingerprint density at radius 3 is 2.09 bits per heavy atom. The second-order valence-corrected chi connectivity index (χ2v) is 5.21. The van der Waals surface area contributed by atoms with Gasteiger partial charge in [0.25, 0.3) is 0 Å². The summed E-state index contributed by atoms with van der Waals surface area (Å²) in [5.41, 5.74) is 0.891. The van der Waals surface area contributed by atoms with E-state index in [4.69, 9.17) is 9.47 Å². The molecule has 3 rings (SSSR count). The van der Waals surface area contributed by atoms with Crippen LogP contribution in [0.2, 0.25) is 0 Å². The van der Waals surface area contributed by atoms with Gasteiger partial charge in [-0.2, -0.15) is 0 Å². The van der Waals surface area contributed by atoms with Crippen LogP contribution >= 0.6 is 0 Å². The molecule has 0 saturated carbocycles. The lowest BCUT2D eigenvalue weighted by molar-refractivity contribution is 0.0917. The zero-order valence-electron chi connectivity index (χ0n) is 12.4. The maximum atomic E-state index is 12.8. The number of hydrogen-bond acceptors (Lipinski definition) is 4. The van der Waals surface area contributed by atoms with Gasteiger partial charge >= 0.3 is 0 Å². The maximum absolute atomic E-state index is 12.8. The van der Waals surface area contributed by atoms with E-state index in [0.29, 0.717) is 35.8 Å². The van der Waals surface area contributed by atoms with Gasteiger partial charge in [0.1, 0.15) is 19.0 Å². The smallest absolute Gasteiger partial charge is 0.163 e. The quantitative estimate of drug-likeness (QED) is 0.793. The summed E-state index contributed by atoms with van der Waals surface area (Å²) in [5.74, 6) is 0.449. The third kappa shape index (κ3) is 3.56. The Hall–Kier alpha value is -2.69. The number of hydrogen-bond donors (Lipinski definition) is 0. The molecule has 1 aliphatic heterocycles. The van der Waals surface area contributed by atoms with Crippen LogP contribution in [0, 0.1) is 5.82 Å². The molecule has 118 valence electrons. The summed E-state index contributed by atoms with van der Waals surface area (Å²) in [6.45, 7) is 0.945. The van der Waals surface area contributed by atoms with Crippen molar-refractivity contribution in [3.8, 4) is 11.5 Å². The van der Waals surface area contributed by atoms with Crippen molar-refractivity contribution in [1.29, 1.82) is 0 Å². The maximum Gasteiger partial charge on any atom is 0.163 e. The van der Waals surface area contributed by atoms with E-state index < -0.39 is 5.82 Å². The van der Waals surface area contributed by atoms with Crippen molar-refractivity contribution in [2.45, 2.75) is 12.8 Å². The first kappa shape index (κ1) is 15.2. The second-order valence-electron chi connectivity index (χ2n) is 5.21. The lowest BCUT2D eigenvalue weighted by Crippen LogP contribution is -2.16. The normalized spacial score (nSPS) is 12.7. The van der Waals surface area contributed by atoms with Crippen LogP contribution in [-0.4, -0.2) is 24.8 Å². The van der Waals surface area contributed by atoms with E-state index in [1.54, 1.807) is 18.2 Å². The van der Waals surface area contributed by atoms with Crippen molar-refractivity contribution < 1.29 is 23.5 Å². The van der Waals surface area contributed by atoms with Crippen molar-refractivity contribution >= 4 is 11.6 Å². The van der Waals surface area contributed by atoms with E-state index in [2.05, 4.69) is 0 Å². The molecule has 0 aromatic heterocycles. The number of carbonyl (C=O) groups excluding carboxylic acids is 2. The second kappa shape index (κ2) is 6.60. The molecule has 0 bridgehead atoms. The number of halogens is 1. The number of benzene rings is 2. The van der Waals surface area contributed by atoms with E-state index in [0.717, 1.165) is 0 Å². The molecule has 0 radical (unpaired) electrons. The molecule has 4 nitrogen and oxygen atoms in total. The number of rotatable bonds is 5. The van der Waals surface area contributed by atoms with Crippen LogP contribution in [0.3, 0.4) is 0 Å². The Labute approximate surface area is 132 Å². The summed E-state index contributed by atoms with van der Waals surface area (Å²) < 4.78 is 23.7. The van der Waals surface area contributed by atoms with Gasteiger partial charge in [0.2, 0.25) is 0 Å². The fourth-order valence-electron chi connectivity index (χ4n) is 2.37. The lowest BCUT2D eigenvalue weighted by Gasteiger charge is -2.18. The van der Waals surface area contributed by atoms with E-state index in [1.165, 1.54) is 24.3 Å². The highest BCUT2D eigenvalue weighted by Gasteiger charge is 2.16. The van der Waals surface area contributed by atoms with Gasteiger partial charge in [0, 0.05) is 24.0 Å². The number of ketones is 2. The minimum absolute atomic E-state index is 0.0822. The molecular formula is C18H15FO4. The monoisotopic (exact) mass is 314 g/mol. The van der Waals surface area contributed by atoms with Crippen molar-refractivity contribution in [1.82, 2.24) is 0 Å². The SMILES string of the molecule is O=C(CCC(=O)c1ccc2c(c1)OCCO2)c1ccc(F)cc1. The Morgan fingerprint density at radius 2 is 1.39 bits per heavy atom. The molecule has 23 heavy (non-hydrogen) atoms. The highest BCUT2D eigenvalue weighted by Crippen LogP contribution is 2.31. The van der Waals surface area contributed by atoms with Crippen LogP contribution in [0.15, 0.2) is 42.5 Å². The highest BCUT2D eigenvalue weighted by atomic mass is 19.1. The van der Waals surface area contributed by atoms with Crippen LogP contribution in [0.4, 0.5) is 4.39 Å². The average Bonchev–Trinajstić information content (AvgIpc) is 2.59. The predicted octanol–water partition coefficient (Wildman–Crippen LogP) is 3.44. The van der Waals surface area contributed by atoms with Gasteiger partial charge in [-0.15, -0.1) is 0 Å². The van der Waals surface area contributed by atoms with Gasteiger partial charge in [-0.05, 0) is 42.5 Å². The molecule has 0 saturated heterocycles. The fraction of sp³-hybridized carbons (Fsp3) is 0.222. The Bertz CT molecular complexity index is 737. The summed E-state index contributed by atoms with van der Waals surface area (Å²) in [5, 5.41) is 0. The third-order valence-electron chi connectivity index (χ3n) is 3.61. The molecule has 5 heteroatoms. The van der Waals surface area contributed by atoms with E-state index in [9.17, 15) is 14.0 Å². The van der Waals surface area contributed by atoms with Crippen LogP contribution in [0.5, 0.6) is 11.5 Å². The standard InChI is InChI=1S/C18H15FO4/c19-14-4-1-12(2-5-14)15(20)6-7-16(21)13-3-8-17-18(11-13)23-10-9-22-17/h1-5,8,11H,6-7,9-10H2. The van der Waals surface area contributed by atoms with Gasteiger partial charge < -0.3 is 9.47 Å². The minimum atomic E-state index is -0.395. The molecule has 0 unspecified atom stereocenters. The summed E-state index contributed by atoms with van der Waals surface area (Å²) in [7, 11) is 0. The fourth-order valence-corrected chi connectivity index (χ4v) is 2.37. The summed E-state index contributed by atoms with van der Waals surface area (Å²) in [4.78, 5) is 24.2. The van der Waals surface area contributed by atoms with Crippen molar-refractivity contribution in [3.05, 3.63) is 59.4 Å². The molecule has 1 aliphatic rings. The predicted molar refractivity (Wildman–Crippen MR) is 81.7 cm³/mol. The van der Waals surface area contributed by atoms with Crippen LogP contribution in [0.1, 0.15) is 33.6 Å². The Morgan fingerprint density at radius 1 is 0.826 bits per heavy atom. The number of ether oxygens (including phenoxy) is 2. The first-order valence-corrected chi connectivity index (χ1v) is 7.35. The zero-order valence-corrected chi connectivity index (χ0v) is 12.4. The summed E-state index contributed by atoms with van der Waals surface area (Å²) >= 11 is 0. The molecule has 1 heterocycles. The number of Topliss-reactive ketones (excluding diaryl/α,β-unsaturated/α-hetero) is 2. The minimum Gasteiger partial charge on any atom is -0.486 e. The van der Waals surface area contributed by atoms with Gasteiger partial charge in [-0.1, -0.05) is 0 Å². The third-order valence-corrected chi connectivity index (χ3v) is 3.61. The molecule has 0 amide bonds. The van der Waals surface area contributed by atoms with Gasteiger partial charge in [-0.25, -0.2) is 4.39 Å². The molecule has 0 fully saturated rings. The molecule has 0 N–H and O–H groups in total. The molecule has 2 aromatic rings. The van der Waals surface area contributed by atoms with Crippen molar-refractivity contribution in [2.24, 2.45) is 0 Å². The molecule has 2 aromatic carbocycles. The summed E-state index contributed by atoms with van der Waals surface area (Å²) in [6.07, 6.45) is 0.175. The topological polar surface area (TPSA) is 52.6 Å². The Kier molecular flexibility index (Phi) is 4.37. The number of carbonyl (C=O) groups is 2. The average molecular weight is 314 g/mol. The van der Waals surface area contributed by atoms with Gasteiger partial charge in [0.05, 0.1) is 0 Å². The molecule has 0 atom stereocenters. The highest BCUT2D eigenvalue weighted by molar-refractivity contribution is 6.02. The first-order chi connectivity index (χ1) is 11.1. The van der Waals surface area contributed by atoms with Crippen molar-refractivity contribution in [3.63, 3.8) is 0 Å². The molecule has 0 aliphatic carbocycles. The van der Waals surface area contributed by atoms with Crippen LogP contribution in [0.25, 0.3) is 0 Å². The van der Waals surface area contributed by atoms with E-state index >= 15 is 0 Å². The number of fused-ring (bicyclic) bond motifs is 1. The van der Waals surface area contributed by atoms with Crippen LogP contribution < -0.4 is 9.47 Å².